The minimum Gasteiger partial charge on any atom is -0.478 e. The van der Waals surface area contributed by atoms with Gasteiger partial charge in [0.15, 0.2) is 0 Å². The molecule has 2 aromatic carbocycles. The van der Waals surface area contributed by atoms with Crippen molar-refractivity contribution in [2.24, 2.45) is 5.92 Å². The van der Waals surface area contributed by atoms with Crippen molar-refractivity contribution in [1.82, 2.24) is 9.80 Å². The summed E-state index contributed by atoms with van der Waals surface area (Å²) >= 11 is 0. The highest BCUT2D eigenvalue weighted by molar-refractivity contribution is 5.94. The van der Waals surface area contributed by atoms with Crippen LogP contribution in [0.15, 0.2) is 48.5 Å². The van der Waals surface area contributed by atoms with Gasteiger partial charge in [0.05, 0.1) is 5.56 Å². The zero-order valence-corrected chi connectivity index (χ0v) is 16.2. The molecule has 1 N–H and O–H groups in total. The maximum absolute atomic E-state index is 13.0. The van der Waals surface area contributed by atoms with Crippen LogP contribution < -0.4 is 0 Å². The average molecular weight is 392 g/mol. The largest absolute Gasteiger partial charge is 0.478 e. The summed E-state index contributed by atoms with van der Waals surface area (Å²) in [7, 11) is 0. The van der Waals surface area contributed by atoms with Crippen LogP contribution in [0.3, 0.4) is 0 Å². The van der Waals surface area contributed by atoms with Gasteiger partial charge in [-0.05, 0) is 54.7 Å². The summed E-state index contributed by atoms with van der Waals surface area (Å²) < 4.78 is 0. The molecule has 2 aliphatic heterocycles. The molecule has 1 fully saturated rings. The molecule has 6 heteroatoms. The second-order valence-electron chi connectivity index (χ2n) is 7.73. The van der Waals surface area contributed by atoms with Crippen LogP contribution >= 0.6 is 0 Å². The smallest absolute Gasteiger partial charge is 0.335 e. The maximum atomic E-state index is 13.0. The van der Waals surface area contributed by atoms with E-state index in [0.29, 0.717) is 44.6 Å². The molecular weight excluding hydrogens is 368 g/mol. The van der Waals surface area contributed by atoms with Gasteiger partial charge in [0.25, 0.3) is 5.91 Å². The van der Waals surface area contributed by atoms with Gasteiger partial charge in [-0.15, -0.1) is 0 Å². The molecule has 1 saturated heterocycles. The Morgan fingerprint density at radius 3 is 2.24 bits per heavy atom. The number of nitrogens with zero attached hydrogens (tertiary/aromatic N) is 2. The van der Waals surface area contributed by atoms with Crippen LogP contribution in [0.5, 0.6) is 0 Å². The Morgan fingerprint density at radius 1 is 0.828 bits per heavy atom. The molecule has 0 aromatic heterocycles. The number of benzene rings is 2. The summed E-state index contributed by atoms with van der Waals surface area (Å²) in [5, 5.41) is 9.20. The molecule has 0 spiro atoms. The second-order valence-corrected chi connectivity index (χ2v) is 7.73. The van der Waals surface area contributed by atoms with Crippen molar-refractivity contribution in [3.8, 4) is 0 Å². The maximum Gasteiger partial charge on any atom is 0.335 e. The molecule has 2 heterocycles. The Morgan fingerprint density at radius 2 is 1.55 bits per heavy atom. The summed E-state index contributed by atoms with van der Waals surface area (Å²) in [6.45, 7) is 2.27. The molecule has 4 rings (SSSR count). The van der Waals surface area contributed by atoms with Crippen molar-refractivity contribution >= 4 is 17.8 Å². The molecule has 6 nitrogen and oxygen atoms in total. The van der Waals surface area contributed by atoms with E-state index in [4.69, 9.17) is 0 Å². The summed E-state index contributed by atoms with van der Waals surface area (Å²) in [6.07, 6.45) is 2.07. The summed E-state index contributed by atoms with van der Waals surface area (Å²) in [5.41, 5.74) is 2.97. The normalized spacial score (nSPS) is 17.0. The quantitative estimate of drug-likeness (QED) is 0.871. The monoisotopic (exact) mass is 392 g/mol. The molecule has 2 aliphatic rings. The Hall–Kier alpha value is -3.15. The second kappa shape index (κ2) is 8.07. The summed E-state index contributed by atoms with van der Waals surface area (Å²) in [5.74, 6) is -0.904. The highest BCUT2D eigenvalue weighted by Crippen LogP contribution is 2.26. The van der Waals surface area contributed by atoms with Crippen LogP contribution in [0, 0.1) is 5.92 Å². The van der Waals surface area contributed by atoms with Gasteiger partial charge >= 0.3 is 5.97 Å². The minimum atomic E-state index is -0.952. The van der Waals surface area contributed by atoms with Gasteiger partial charge in [0.1, 0.15) is 0 Å². The Labute approximate surface area is 169 Å². The predicted octanol–water partition coefficient (Wildman–Crippen LogP) is 2.82. The van der Waals surface area contributed by atoms with E-state index in [2.05, 4.69) is 0 Å². The molecule has 0 saturated carbocycles. The first kappa shape index (κ1) is 19.2. The highest BCUT2D eigenvalue weighted by atomic mass is 16.4. The number of carbonyl (C=O) groups excluding carboxylic acids is 2. The minimum absolute atomic E-state index is 0.0181. The average Bonchev–Trinajstić information content (AvgIpc) is 2.78. The fourth-order valence-electron chi connectivity index (χ4n) is 4.23. The lowest BCUT2D eigenvalue weighted by Gasteiger charge is -2.36. The molecule has 0 radical (unpaired) electrons. The van der Waals surface area contributed by atoms with Crippen molar-refractivity contribution in [3.63, 3.8) is 0 Å². The summed E-state index contributed by atoms with van der Waals surface area (Å²) in [4.78, 5) is 40.5. The third kappa shape index (κ3) is 4.01. The van der Waals surface area contributed by atoms with E-state index in [1.807, 2.05) is 46.2 Å². The standard InChI is InChI=1S/C23H24N2O4/c26-21(17-4-2-1-3-5-17)24-11-9-18(10-12-24)22(27)25-13-8-16-6-7-19(23(28)29)14-20(16)15-25/h1-7,14,18H,8-13,15H2,(H,28,29). The van der Waals surface area contributed by atoms with Crippen molar-refractivity contribution in [2.75, 3.05) is 19.6 Å². The van der Waals surface area contributed by atoms with Crippen LogP contribution in [-0.2, 0) is 17.8 Å². The van der Waals surface area contributed by atoms with Crippen LogP contribution in [0.1, 0.15) is 44.7 Å². The number of likely N-dealkylation sites (tertiary alicyclic amines) is 1. The van der Waals surface area contributed by atoms with Crippen LogP contribution in [0.2, 0.25) is 0 Å². The third-order valence-corrected chi connectivity index (χ3v) is 5.93. The van der Waals surface area contributed by atoms with Crippen molar-refractivity contribution in [2.45, 2.75) is 25.8 Å². The van der Waals surface area contributed by atoms with E-state index >= 15 is 0 Å². The number of carboxylic acid groups (broad SMARTS) is 1. The van der Waals surface area contributed by atoms with Gasteiger partial charge in [-0.1, -0.05) is 24.3 Å². The molecule has 0 unspecified atom stereocenters. The van der Waals surface area contributed by atoms with Gasteiger partial charge in [-0.25, -0.2) is 4.79 Å². The Bertz CT molecular complexity index is 933. The van der Waals surface area contributed by atoms with Gasteiger partial charge < -0.3 is 14.9 Å². The lowest BCUT2D eigenvalue weighted by Crippen LogP contribution is -2.45. The van der Waals surface area contributed by atoms with E-state index in [0.717, 1.165) is 17.5 Å². The highest BCUT2D eigenvalue weighted by Gasteiger charge is 2.32. The van der Waals surface area contributed by atoms with Crippen molar-refractivity contribution < 1.29 is 19.5 Å². The molecule has 0 aliphatic carbocycles. The number of rotatable bonds is 3. The zero-order chi connectivity index (χ0) is 20.4. The SMILES string of the molecule is O=C(O)c1ccc2c(c1)CN(C(=O)C1CCN(C(=O)c3ccccc3)CC1)CC2. The summed E-state index contributed by atoms with van der Waals surface area (Å²) in [6, 6.07) is 14.4. The van der Waals surface area contributed by atoms with Crippen molar-refractivity contribution in [3.05, 3.63) is 70.8 Å². The van der Waals surface area contributed by atoms with Gasteiger partial charge in [0.2, 0.25) is 5.91 Å². The molecule has 0 bridgehead atoms. The molecule has 0 atom stereocenters. The van der Waals surface area contributed by atoms with E-state index in [1.54, 1.807) is 12.1 Å². The van der Waals surface area contributed by atoms with Crippen LogP contribution in [0.4, 0.5) is 0 Å². The lowest BCUT2D eigenvalue weighted by atomic mass is 9.92. The lowest BCUT2D eigenvalue weighted by molar-refractivity contribution is -0.137. The number of aromatic carboxylic acids is 1. The molecular formula is C23H24N2O4. The fourth-order valence-corrected chi connectivity index (χ4v) is 4.23. The van der Waals surface area contributed by atoms with Gasteiger partial charge in [0, 0.05) is 37.7 Å². The van der Waals surface area contributed by atoms with Gasteiger partial charge in [-0.3, -0.25) is 9.59 Å². The number of carbonyl (C=O) groups is 3. The predicted molar refractivity (Wildman–Crippen MR) is 108 cm³/mol. The number of hydrogen-bond donors (Lipinski definition) is 1. The van der Waals surface area contributed by atoms with Crippen LogP contribution in [0.25, 0.3) is 0 Å². The fraction of sp³-hybridized carbons (Fsp3) is 0.348. The van der Waals surface area contributed by atoms with E-state index in [1.165, 1.54) is 0 Å². The van der Waals surface area contributed by atoms with E-state index < -0.39 is 5.97 Å². The molecule has 29 heavy (non-hydrogen) atoms. The first-order valence-electron chi connectivity index (χ1n) is 10.0. The number of hydrogen-bond acceptors (Lipinski definition) is 3. The molecule has 2 aromatic rings. The van der Waals surface area contributed by atoms with Crippen molar-refractivity contribution in [1.29, 1.82) is 0 Å². The Kier molecular flexibility index (Phi) is 5.34. The van der Waals surface area contributed by atoms with E-state index in [9.17, 15) is 19.5 Å². The zero-order valence-electron chi connectivity index (χ0n) is 16.2. The van der Waals surface area contributed by atoms with Crippen LogP contribution in [-0.4, -0.2) is 52.3 Å². The molecule has 150 valence electrons. The van der Waals surface area contributed by atoms with E-state index in [-0.39, 0.29) is 23.3 Å². The van der Waals surface area contributed by atoms with Gasteiger partial charge in [-0.2, -0.15) is 0 Å². The molecule has 2 amide bonds. The number of amides is 2. The number of carboxylic acids is 1. The topological polar surface area (TPSA) is 77.9 Å². The first-order chi connectivity index (χ1) is 14.0. The Balaban J connectivity index is 1.37. The third-order valence-electron chi connectivity index (χ3n) is 5.93. The number of fused-ring (bicyclic) bond motifs is 1. The number of piperidine rings is 1. The first-order valence-corrected chi connectivity index (χ1v) is 10.0.